The monoisotopic (exact) mass is 564 g/mol. The highest BCUT2D eigenvalue weighted by molar-refractivity contribution is 7.79. The smallest absolute Gasteiger partial charge is 0.141 e. The van der Waals surface area contributed by atoms with Crippen molar-refractivity contribution in [3.05, 3.63) is 101 Å². The van der Waals surface area contributed by atoms with Crippen LogP contribution in [-0.2, 0) is 24.2 Å². The Morgan fingerprint density at radius 2 is 1.95 bits per heavy atom. The number of nitrogens with zero attached hydrogens (tertiary/aromatic N) is 2. The second-order valence-corrected chi connectivity index (χ2v) is 10.2. The number of fused-ring (bicyclic) bond motifs is 1. The Hall–Kier alpha value is -3.83. The van der Waals surface area contributed by atoms with Crippen molar-refractivity contribution < 1.29 is 17.9 Å². The SMILES string of the molecule is O=S([O-])CCNCc1cc(-c2ccc3ncnc(Nc4ccc(OCc5cccc(F)c5)c(Cl)c4)c3c2)c[nH]1. The van der Waals surface area contributed by atoms with Crippen LogP contribution < -0.4 is 15.4 Å². The van der Waals surface area contributed by atoms with Crippen LogP contribution in [0.1, 0.15) is 11.3 Å². The van der Waals surface area contributed by atoms with E-state index < -0.39 is 11.1 Å². The van der Waals surface area contributed by atoms with E-state index in [9.17, 15) is 13.2 Å². The number of benzene rings is 3. The summed E-state index contributed by atoms with van der Waals surface area (Å²) in [5, 5.41) is 7.65. The fourth-order valence-corrected chi connectivity index (χ4v) is 4.59. The number of aromatic amines is 1. The zero-order chi connectivity index (χ0) is 27.2. The first kappa shape index (κ1) is 26.8. The second-order valence-electron chi connectivity index (χ2n) is 8.74. The lowest BCUT2D eigenvalue weighted by molar-refractivity contribution is 0.306. The van der Waals surface area contributed by atoms with Crippen LogP contribution in [0.4, 0.5) is 15.9 Å². The van der Waals surface area contributed by atoms with E-state index in [1.54, 1.807) is 24.3 Å². The third-order valence-corrected chi connectivity index (χ3v) is 6.78. The van der Waals surface area contributed by atoms with E-state index in [1.165, 1.54) is 18.5 Å². The van der Waals surface area contributed by atoms with Crippen LogP contribution in [0.25, 0.3) is 22.0 Å². The van der Waals surface area contributed by atoms with E-state index in [0.29, 0.717) is 35.2 Å². The van der Waals surface area contributed by atoms with Crippen molar-refractivity contribution in [3.63, 3.8) is 0 Å². The molecule has 0 bridgehead atoms. The third kappa shape index (κ3) is 6.98. The van der Waals surface area contributed by atoms with Gasteiger partial charge < -0.3 is 24.9 Å². The average Bonchev–Trinajstić information content (AvgIpc) is 3.40. The van der Waals surface area contributed by atoms with Gasteiger partial charge in [0.15, 0.2) is 0 Å². The average molecular weight is 565 g/mol. The van der Waals surface area contributed by atoms with Crippen molar-refractivity contribution in [1.29, 1.82) is 0 Å². The zero-order valence-electron chi connectivity index (χ0n) is 20.6. The van der Waals surface area contributed by atoms with Gasteiger partial charge in [0.1, 0.15) is 30.3 Å². The zero-order valence-corrected chi connectivity index (χ0v) is 22.2. The molecule has 5 aromatic rings. The normalized spacial score (nSPS) is 12.0. The lowest BCUT2D eigenvalue weighted by Crippen LogP contribution is -2.19. The third-order valence-electron chi connectivity index (χ3n) is 5.95. The largest absolute Gasteiger partial charge is 0.772 e. The van der Waals surface area contributed by atoms with Crippen molar-refractivity contribution in [2.24, 2.45) is 0 Å². The molecule has 0 radical (unpaired) electrons. The van der Waals surface area contributed by atoms with Gasteiger partial charge in [0.25, 0.3) is 0 Å². The van der Waals surface area contributed by atoms with Gasteiger partial charge in [0.2, 0.25) is 0 Å². The van der Waals surface area contributed by atoms with E-state index in [0.717, 1.165) is 33.4 Å². The van der Waals surface area contributed by atoms with Crippen LogP contribution in [0.2, 0.25) is 5.02 Å². The number of aromatic nitrogens is 3. The Labute approximate surface area is 231 Å². The molecule has 5 rings (SSSR count). The molecule has 0 spiro atoms. The summed E-state index contributed by atoms with van der Waals surface area (Å²) < 4.78 is 40.6. The summed E-state index contributed by atoms with van der Waals surface area (Å²) in [6, 6.07) is 19.5. The maximum atomic E-state index is 13.4. The molecule has 0 saturated heterocycles. The highest BCUT2D eigenvalue weighted by Gasteiger charge is 2.10. The van der Waals surface area contributed by atoms with E-state index in [1.807, 2.05) is 36.5 Å². The Kier molecular flexibility index (Phi) is 8.48. The number of halogens is 2. The summed E-state index contributed by atoms with van der Waals surface area (Å²) >= 11 is 4.41. The molecule has 3 aromatic carbocycles. The summed E-state index contributed by atoms with van der Waals surface area (Å²) in [6.45, 7) is 1.11. The molecule has 1 atom stereocenters. The number of H-pyrrole nitrogens is 1. The lowest BCUT2D eigenvalue weighted by atomic mass is 10.1. The Balaban J connectivity index is 1.30. The van der Waals surface area contributed by atoms with Gasteiger partial charge in [-0.3, -0.25) is 4.21 Å². The summed E-state index contributed by atoms with van der Waals surface area (Å²) in [5.41, 5.74) is 5.11. The summed E-state index contributed by atoms with van der Waals surface area (Å²) in [7, 11) is 0. The Morgan fingerprint density at radius 3 is 2.77 bits per heavy atom. The molecule has 0 fully saturated rings. The summed E-state index contributed by atoms with van der Waals surface area (Å²) in [5.74, 6) is 0.863. The first-order valence-electron chi connectivity index (χ1n) is 12.1. The van der Waals surface area contributed by atoms with Crippen LogP contribution in [0.3, 0.4) is 0 Å². The summed E-state index contributed by atoms with van der Waals surface area (Å²) in [6.07, 6.45) is 3.40. The minimum absolute atomic E-state index is 0.0733. The van der Waals surface area contributed by atoms with Crippen molar-refractivity contribution in [1.82, 2.24) is 20.3 Å². The molecular formula is C28H24ClFN5O3S-. The topological polar surface area (TPSA) is 115 Å². The van der Waals surface area contributed by atoms with E-state index >= 15 is 0 Å². The van der Waals surface area contributed by atoms with Gasteiger partial charge in [-0.15, -0.1) is 0 Å². The molecule has 0 aliphatic heterocycles. The standard InChI is InChI=1S/C28H25ClFN5O3S/c29-25-13-22(5-7-27(25)38-16-18-2-1-3-21(30)10-18)35-28-24-12-19(4-6-26(24)33-17-34-28)20-11-23(32-14-20)15-31-8-9-39(36)37/h1-7,10-14,17,31-32H,8-9,15-16H2,(H,36,37)(H,33,34,35)/p-1. The van der Waals surface area contributed by atoms with Gasteiger partial charge in [-0.25, -0.2) is 14.4 Å². The number of anilines is 2. The highest BCUT2D eigenvalue weighted by atomic mass is 35.5. The first-order chi connectivity index (χ1) is 18.9. The van der Waals surface area contributed by atoms with Gasteiger partial charge >= 0.3 is 0 Å². The van der Waals surface area contributed by atoms with Crippen molar-refractivity contribution in [2.45, 2.75) is 13.2 Å². The second kappa shape index (κ2) is 12.4. The molecule has 0 amide bonds. The maximum Gasteiger partial charge on any atom is 0.141 e. The number of ether oxygens (including phenoxy) is 1. The van der Waals surface area contributed by atoms with E-state index in [2.05, 4.69) is 25.6 Å². The molecule has 39 heavy (non-hydrogen) atoms. The highest BCUT2D eigenvalue weighted by Crippen LogP contribution is 2.32. The molecule has 200 valence electrons. The molecule has 3 N–H and O–H groups in total. The molecule has 2 aromatic heterocycles. The molecule has 1 unspecified atom stereocenters. The lowest BCUT2D eigenvalue weighted by Gasteiger charge is -2.12. The fraction of sp³-hybridized carbons (Fsp3) is 0.143. The Bertz CT molecular complexity index is 1630. The van der Waals surface area contributed by atoms with Crippen LogP contribution >= 0.6 is 11.6 Å². The molecule has 11 heteroatoms. The quantitative estimate of drug-likeness (QED) is 0.139. The molecule has 8 nitrogen and oxygen atoms in total. The van der Waals surface area contributed by atoms with Gasteiger partial charge in [0, 0.05) is 41.8 Å². The van der Waals surface area contributed by atoms with E-state index in [4.69, 9.17) is 16.3 Å². The van der Waals surface area contributed by atoms with Crippen LogP contribution in [-0.4, -0.2) is 36.0 Å². The predicted octanol–water partition coefficient (Wildman–Crippen LogP) is 5.71. The van der Waals surface area contributed by atoms with Gasteiger partial charge in [-0.05, 0) is 65.2 Å². The molecular weight excluding hydrogens is 541 g/mol. The number of nitrogens with one attached hydrogen (secondary N) is 3. The number of hydrogen-bond acceptors (Lipinski definition) is 7. The molecule has 0 aliphatic carbocycles. The molecule has 0 aliphatic rings. The van der Waals surface area contributed by atoms with Gasteiger partial charge in [0.05, 0.1) is 10.5 Å². The van der Waals surface area contributed by atoms with E-state index in [-0.39, 0.29) is 18.2 Å². The fourth-order valence-electron chi connectivity index (χ4n) is 4.04. The van der Waals surface area contributed by atoms with Crippen molar-refractivity contribution in [2.75, 3.05) is 17.6 Å². The van der Waals surface area contributed by atoms with Crippen LogP contribution in [0, 0.1) is 5.82 Å². The van der Waals surface area contributed by atoms with Crippen LogP contribution in [0.5, 0.6) is 5.75 Å². The Morgan fingerprint density at radius 1 is 1.05 bits per heavy atom. The number of hydrogen-bond donors (Lipinski definition) is 3. The molecule has 2 heterocycles. The number of rotatable bonds is 11. The molecule has 0 saturated carbocycles. The van der Waals surface area contributed by atoms with Crippen molar-refractivity contribution in [3.8, 4) is 16.9 Å². The summed E-state index contributed by atoms with van der Waals surface area (Å²) in [4.78, 5) is 12.1. The minimum atomic E-state index is -2.06. The predicted molar refractivity (Wildman–Crippen MR) is 150 cm³/mol. The minimum Gasteiger partial charge on any atom is -0.772 e. The first-order valence-corrected chi connectivity index (χ1v) is 13.7. The van der Waals surface area contributed by atoms with Gasteiger partial charge in [-0.1, -0.05) is 40.9 Å². The van der Waals surface area contributed by atoms with Crippen molar-refractivity contribution >= 4 is 45.1 Å². The van der Waals surface area contributed by atoms with Crippen LogP contribution in [0.15, 0.2) is 79.3 Å². The maximum absolute atomic E-state index is 13.4. The van der Waals surface area contributed by atoms with Gasteiger partial charge in [-0.2, -0.15) is 0 Å².